The maximum Gasteiger partial charge on any atom is 0.253 e. The Kier molecular flexibility index (Phi) is 4.37. The molecule has 2 rings (SSSR count). The van der Waals surface area contributed by atoms with Gasteiger partial charge in [0.15, 0.2) is 0 Å². The molecule has 1 aliphatic carbocycles. The van der Waals surface area contributed by atoms with Crippen LogP contribution in [-0.4, -0.2) is 35.6 Å². The lowest BCUT2D eigenvalue weighted by atomic mass is 9.90. The molecule has 0 heterocycles. The van der Waals surface area contributed by atoms with Crippen LogP contribution in [0.4, 0.5) is 0 Å². The van der Waals surface area contributed by atoms with Crippen molar-refractivity contribution in [2.24, 2.45) is 0 Å². The fourth-order valence-corrected chi connectivity index (χ4v) is 2.57. The summed E-state index contributed by atoms with van der Waals surface area (Å²) in [4.78, 5) is 14.0. The first-order valence-corrected chi connectivity index (χ1v) is 6.78. The number of carbonyl (C=O) groups is 1. The largest absolute Gasteiger partial charge is 0.395 e. The molecule has 0 bridgehead atoms. The van der Waals surface area contributed by atoms with Crippen molar-refractivity contribution in [2.45, 2.75) is 32.6 Å². The van der Waals surface area contributed by atoms with Gasteiger partial charge in [0.2, 0.25) is 0 Å². The lowest BCUT2D eigenvalue weighted by molar-refractivity contribution is 0.0732. The second kappa shape index (κ2) is 6.01. The molecule has 1 aromatic rings. The second-order valence-corrected chi connectivity index (χ2v) is 4.80. The van der Waals surface area contributed by atoms with E-state index in [1.165, 1.54) is 24.0 Å². The summed E-state index contributed by atoms with van der Waals surface area (Å²) in [5, 5.41) is 8.96. The van der Waals surface area contributed by atoms with Gasteiger partial charge in [-0.1, -0.05) is 6.07 Å². The molecule has 1 aromatic carbocycles. The van der Waals surface area contributed by atoms with Crippen molar-refractivity contribution in [2.75, 3.05) is 19.7 Å². The zero-order valence-electron chi connectivity index (χ0n) is 11.0. The van der Waals surface area contributed by atoms with Gasteiger partial charge in [0.1, 0.15) is 0 Å². The molecular formula is C15H21NO2. The molecule has 0 aliphatic heterocycles. The number of rotatable bonds is 4. The van der Waals surface area contributed by atoms with Gasteiger partial charge in [-0.15, -0.1) is 0 Å². The Morgan fingerprint density at radius 3 is 2.67 bits per heavy atom. The summed E-state index contributed by atoms with van der Waals surface area (Å²) in [5.74, 6) is 0.0277. The molecule has 0 saturated carbocycles. The molecule has 0 fully saturated rings. The highest BCUT2D eigenvalue weighted by Crippen LogP contribution is 2.22. The Morgan fingerprint density at radius 1 is 1.28 bits per heavy atom. The Morgan fingerprint density at radius 2 is 2.00 bits per heavy atom. The number of aliphatic hydroxyl groups excluding tert-OH is 1. The van der Waals surface area contributed by atoms with E-state index in [4.69, 9.17) is 5.11 Å². The van der Waals surface area contributed by atoms with E-state index in [9.17, 15) is 4.79 Å². The summed E-state index contributed by atoms with van der Waals surface area (Å²) in [6.45, 7) is 3.00. The van der Waals surface area contributed by atoms with E-state index in [2.05, 4.69) is 6.07 Å². The number of hydrogen-bond donors (Lipinski definition) is 1. The van der Waals surface area contributed by atoms with Crippen LogP contribution in [0.25, 0.3) is 0 Å². The van der Waals surface area contributed by atoms with Crippen molar-refractivity contribution >= 4 is 5.91 Å². The summed E-state index contributed by atoms with van der Waals surface area (Å²) < 4.78 is 0. The van der Waals surface area contributed by atoms with E-state index >= 15 is 0 Å². The van der Waals surface area contributed by atoms with Gasteiger partial charge in [-0.25, -0.2) is 0 Å². The van der Waals surface area contributed by atoms with Gasteiger partial charge in [0.05, 0.1) is 6.61 Å². The van der Waals surface area contributed by atoms with Crippen molar-refractivity contribution in [3.8, 4) is 0 Å². The Labute approximate surface area is 108 Å². The summed E-state index contributed by atoms with van der Waals surface area (Å²) in [6, 6.07) is 6.05. The van der Waals surface area contributed by atoms with E-state index in [0.717, 1.165) is 18.4 Å². The lowest BCUT2D eigenvalue weighted by Crippen LogP contribution is -2.33. The predicted molar refractivity (Wildman–Crippen MR) is 71.7 cm³/mol. The van der Waals surface area contributed by atoms with E-state index in [1.807, 2.05) is 19.1 Å². The molecule has 18 heavy (non-hydrogen) atoms. The minimum absolute atomic E-state index is 0.0184. The van der Waals surface area contributed by atoms with Crippen molar-refractivity contribution in [1.82, 2.24) is 4.90 Å². The van der Waals surface area contributed by atoms with Crippen molar-refractivity contribution in [1.29, 1.82) is 0 Å². The van der Waals surface area contributed by atoms with Gasteiger partial charge in [0, 0.05) is 18.7 Å². The van der Waals surface area contributed by atoms with E-state index < -0.39 is 0 Å². The molecule has 0 atom stereocenters. The quantitative estimate of drug-likeness (QED) is 0.884. The molecule has 3 heteroatoms. The Balaban J connectivity index is 2.19. The zero-order valence-corrected chi connectivity index (χ0v) is 11.0. The van der Waals surface area contributed by atoms with E-state index in [0.29, 0.717) is 13.1 Å². The van der Waals surface area contributed by atoms with Gasteiger partial charge < -0.3 is 10.0 Å². The van der Waals surface area contributed by atoms with Crippen LogP contribution in [0.3, 0.4) is 0 Å². The molecule has 1 N–H and O–H groups in total. The van der Waals surface area contributed by atoms with Crippen LogP contribution in [0.15, 0.2) is 18.2 Å². The van der Waals surface area contributed by atoms with Crippen LogP contribution in [0.5, 0.6) is 0 Å². The van der Waals surface area contributed by atoms with Gasteiger partial charge in [-0.05, 0) is 55.9 Å². The van der Waals surface area contributed by atoms with Crippen LogP contribution >= 0.6 is 0 Å². The second-order valence-electron chi connectivity index (χ2n) is 4.80. The molecule has 3 nitrogen and oxygen atoms in total. The Bertz CT molecular complexity index is 429. The zero-order chi connectivity index (χ0) is 13.0. The molecule has 1 aliphatic rings. The maximum atomic E-state index is 12.3. The summed E-state index contributed by atoms with van der Waals surface area (Å²) in [5.41, 5.74) is 3.47. The van der Waals surface area contributed by atoms with Crippen molar-refractivity contribution < 1.29 is 9.90 Å². The lowest BCUT2D eigenvalue weighted by Gasteiger charge is -2.21. The van der Waals surface area contributed by atoms with E-state index in [1.54, 1.807) is 4.90 Å². The first kappa shape index (κ1) is 13.1. The third-order valence-electron chi connectivity index (χ3n) is 3.63. The molecule has 0 radical (unpaired) electrons. The number of fused-ring (bicyclic) bond motifs is 1. The number of amides is 1. The van der Waals surface area contributed by atoms with Gasteiger partial charge >= 0.3 is 0 Å². The number of hydrogen-bond acceptors (Lipinski definition) is 2. The first-order chi connectivity index (χ1) is 8.76. The van der Waals surface area contributed by atoms with Gasteiger partial charge in [-0.2, -0.15) is 0 Å². The normalized spacial score (nSPS) is 14.1. The molecule has 0 aromatic heterocycles. The molecule has 0 unspecified atom stereocenters. The molecular weight excluding hydrogens is 226 g/mol. The highest BCUT2D eigenvalue weighted by molar-refractivity contribution is 5.94. The van der Waals surface area contributed by atoms with Crippen molar-refractivity contribution in [3.63, 3.8) is 0 Å². The molecule has 0 spiro atoms. The highest BCUT2D eigenvalue weighted by Gasteiger charge is 2.16. The topological polar surface area (TPSA) is 40.5 Å². The number of nitrogens with zero attached hydrogens (tertiary/aromatic N) is 1. The summed E-state index contributed by atoms with van der Waals surface area (Å²) >= 11 is 0. The molecule has 98 valence electrons. The van der Waals surface area contributed by atoms with Crippen LogP contribution in [0, 0.1) is 0 Å². The van der Waals surface area contributed by atoms with Crippen LogP contribution in [0.2, 0.25) is 0 Å². The van der Waals surface area contributed by atoms with Crippen LogP contribution in [0.1, 0.15) is 41.3 Å². The van der Waals surface area contributed by atoms with E-state index in [-0.39, 0.29) is 12.5 Å². The van der Waals surface area contributed by atoms with Crippen LogP contribution in [-0.2, 0) is 12.8 Å². The number of likely N-dealkylation sites (N-methyl/N-ethyl adjacent to an activating group) is 1. The van der Waals surface area contributed by atoms with Gasteiger partial charge in [-0.3, -0.25) is 4.79 Å². The van der Waals surface area contributed by atoms with Gasteiger partial charge in [0.25, 0.3) is 5.91 Å². The van der Waals surface area contributed by atoms with Crippen molar-refractivity contribution in [3.05, 3.63) is 34.9 Å². The fraction of sp³-hybridized carbons (Fsp3) is 0.533. The maximum absolute atomic E-state index is 12.3. The highest BCUT2D eigenvalue weighted by atomic mass is 16.3. The Hall–Kier alpha value is -1.35. The number of aryl methyl sites for hydroxylation is 2. The third kappa shape index (κ3) is 2.72. The average molecular weight is 247 g/mol. The number of benzene rings is 1. The molecule has 0 saturated heterocycles. The fourth-order valence-electron chi connectivity index (χ4n) is 2.57. The minimum atomic E-state index is 0.0184. The monoisotopic (exact) mass is 247 g/mol. The minimum Gasteiger partial charge on any atom is -0.395 e. The summed E-state index contributed by atoms with van der Waals surface area (Å²) in [7, 11) is 0. The number of carbonyl (C=O) groups excluding carboxylic acids is 1. The first-order valence-electron chi connectivity index (χ1n) is 6.78. The predicted octanol–water partition coefficient (Wildman–Crippen LogP) is 2.02. The van der Waals surface area contributed by atoms with Crippen LogP contribution < -0.4 is 0 Å². The standard InChI is InChI=1S/C15H21NO2/c1-2-16(9-10-17)15(18)14-8-7-12-5-3-4-6-13(12)11-14/h7-8,11,17H,2-6,9-10H2,1H3. The summed E-state index contributed by atoms with van der Waals surface area (Å²) in [6.07, 6.45) is 4.70. The average Bonchev–Trinajstić information content (AvgIpc) is 2.43. The number of aliphatic hydroxyl groups is 1. The molecule has 1 amide bonds. The smallest absolute Gasteiger partial charge is 0.253 e. The third-order valence-corrected chi connectivity index (χ3v) is 3.63. The SMILES string of the molecule is CCN(CCO)C(=O)c1ccc2c(c1)CCCC2.